The van der Waals surface area contributed by atoms with Crippen LogP contribution in [0.15, 0.2) is 40.0 Å². The summed E-state index contributed by atoms with van der Waals surface area (Å²) in [5, 5.41) is 11.5. The predicted octanol–water partition coefficient (Wildman–Crippen LogP) is 4.95. The third-order valence-corrected chi connectivity index (χ3v) is 7.66. The molecule has 0 saturated carbocycles. The number of hydrogen-bond donors (Lipinski definition) is 2. The van der Waals surface area contributed by atoms with E-state index >= 15 is 0 Å². The van der Waals surface area contributed by atoms with Crippen molar-refractivity contribution < 1.29 is 0 Å². The average Bonchev–Trinajstić information content (AvgIpc) is 3.36. The molecule has 0 aromatic carbocycles. The van der Waals surface area contributed by atoms with Crippen LogP contribution in [0.3, 0.4) is 0 Å². The molecule has 0 radical (unpaired) electrons. The van der Waals surface area contributed by atoms with Crippen molar-refractivity contribution in [1.82, 2.24) is 15.5 Å². The van der Waals surface area contributed by atoms with Gasteiger partial charge in [0.05, 0.1) is 0 Å². The van der Waals surface area contributed by atoms with Crippen LogP contribution in [0.4, 0.5) is 0 Å². The van der Waals surface area contributed by atoms with Crippen LogP contribution in [-0.4, -0.2) is 44.6 Å². The summed E-state index contributed by atoms with van der Waals surface area (Å²) in [6.07, 6.45) is 2.53. The largest absolute Gasteiger partial charge is 0.356 e. The summed E-state index contributed by atoms with van der Waals surface area (Å²) in [7, 11) is 4.12. The smallest absolute Gasteiger partial charge is 0.191 e. The molecule has 1 fully saturated rings. The summed E-state index contributed by atoms with van der Waals surface area (Å²) in [5.41, 5.74) is 0.0936. The van der Waals surface area contributed by atoms with Crippen LogP contribution in [-0.2, 0) is 5.41 Å². The summed E-state index contributed by atoms with van der Waals surface area (Å²) >= 11 is 3.69. The first-order valence-corrected chi connectivity index (χ1v) is 11.5. The number of halogens is 1. The van der Waals surface area contributed by atoms with Gasteiger partial charge >= 0.3 is 0 Å². The average molecular weight is 533 g/mol. The monoisotopic (exact) mass is 532 g/mol. The Morgan fingerprint density at radius 3 is 2.61 bits per heavy atom. The number of likely N-dealkylation sites (tertiary alicyclic amines) is 1. The highest BCUT2D eigenvalue weighted by atomic mass is 127. The summed E-state index contributed by atoms with van der Waals surface area (Å²) in [4.78, 5) is 9.84. The molecule has 4 nitrogen and oxygen atoms in total. The van der Waals surface area contributed by atoms with Crippen molar-refractivity contribution in [2.24, 2.45) is 10.9 Å². The molecule has 1 aliphatic rings. The standard InChI is InChI=1S/C21H32N4S2.HI/c1-21(2,18-10-7-13-27-18)15-24-20(22-3)23-14-16-8-5-11-25(4)19(16)17-9-6-12-26-17;/h6-7,9-10,12-13,16,19H,5,8,11,14-15H2,1-4H3,(H2,22,23,24);1H. The minimum Gasteiger partial charge on any atom is -0.356 e. The first kappa shape index (κ1) is 23.6. The van der Waals surface area contributed by atoms with Gasteiger partial charge in [0, 0.05) is 41.3 Å². The topological polar surface area (TPSA) is 39.7 Å². The fourth-order valence-corrected chi connectivity index (χ4v) is 5.72. The highest BCUT2D eigenvalue weighted by Crippen LogP contribution is 2.36. The van der Waals surface area contributed by atoms with E-state index in [2.05, 4.69) is 76.4 Å². The zero-order valence-electron chi connectivity index (χ0n) is 17.3. The molecule has 156 valence electrons. The van der Waals surface area contributed by atoms with Crippen molar-refractivity contribution >= 4 is 52.6 Å². The Kier molecular flexibility index (Phi) is 9.24. The maximum atomic E-state index is 4.45. The van der Waals surface area contributed by atoms with Gasteiger partial charge in [-0.1, -0.05) is 26.0 Å². The Morgan fingerprint density at radius 1 is 1.21 bits per heavy atom. The number of piperidine rings is 1. The van der Waals surface area contributed by atoms with Gasteiger partial charge < -0.3 is 10.6 Å². The zero-order valence-corrected chi connectivity index (χ0v) is 21.2. The van der Waals surface area contributed by atoms with E-state index in [9.17, 15) is 0 Å². The van der Waals surface area contributed by atoms with Crippen LogP contribution < -0.4 is 10.6 Å². The molecule has 0 amide bonds. The molecule has 0 bridgehead atoms. The molecule has 2 N–H and O–H groups in total. The van der Waals surface area contributed by atoms with Crippen LogP contribution in [0, 0.1) is 5.92 Å². The van der Waals surface area contributed by atoms with Gasteiger partial charge in [0.15, 0.2) is 5.96 Å². The molecule has 0 aliphatic carbocycles. The lowest BCUT2D eigenvalue weighted by molar-refractivity contribution is 0.125. The molecule has 3 heterocycles. The first-order chi connectivity index (χ1) is 13.0. The Balaban J connectivity index is 0.00000280. The maximum Gasteiger partial charge on any atom is 0.191 e. The molecule has 1 aliphatic heterocycles. The maximum absolute atomic E-state index is 4.45. The summed E-state index contributed by atoms with van der Waals surface area (Å²) in [6.45, 7) is 7.56. The van der Waals surface area contributed by atoms with Gasteiger partial charge in [0.1, 0.15) is 0 Å². The van der Waals surface area contributed by atoms with Gasteiger partial charge in [-0.15, -0.1) is 46.7 Å². The molecule has 7 heteroatoms. The van der Waals surface area contributed by atoms with Gasteiger partial charge in [-0.05, 0) is 55.2 Å². The lowest BCUT2D eigenvalue weighted by Gasteiger charge is -2.39. The highest BCUT2D eigenvalue weighted by molar-refractivity contribution is 14.0. The third-order valence-electron chi connectivity index (χ3n) is 5.48. The van der Waals surface area contributed by atoms with Crippen LogP contribution >= 0.6 is 46.7 Å². The van der Waals surface area contributed by atoms with Crippen molar-refractivity contribution in [1.29, 1.82) is 0 Å². The van der Waals surface area contributed by atoms with Crippen LogP contribution in [0.5, 0.6) is 0 Å². The second kappa shape index (κ2) is 10.9. The minimum absolute atomic E-state index is 0. The van der Waals surface area contributed by atoms with Crippen molar-refractivity contribution in [2.75, 3.05) is 33.7 Å². The van der Waals surface area contributed by atoms with Crippen LogP contribution in [0.1, 0.15) is 42.5 Å². The van der Waals surface area contributed by atoms with E-state index in [1.807, 2.05) is 29.7 Å². The molecule has 28 heavy (non-hydrogen) atoms. The second-order valence-electron chi connectivity index (χ2n) is 8.01. The van der Waals surface area contributed by atoms with Crippen molar-refractivity contribution in [3.05, 3.63) is 44.8 Å². The third kappa shape index (κ3) is 5.93. The number of hydrogen-bond acceptors (Lipinski definition) is 4. The van der Waals surface area contributed by atoms with E-state index in [-0.39, 0.29) is 29.4 Å². The Bertz CT molecular complexity index is 713. The Hall–Kier alpha value is -0.640. The normalized spacial score (nSPS) is 21.2. The summed E-state index contributed by atoms with van der Waals surface area (Å²) in [5.74, 6) is 1.50. The number of nitrogens with zero attached hydrogens (tertiary/aromatic N) is 2. The fourth-order valence-electron chi connectivity index (χ4n) is 3.89. The van der Waals surface area contributed by atoms with Gasteiger partial charge in [-0.25, -0.2) is 0 Å². The quantitative estimate of drug-likeness (QED) is 0.314. The van der Waals surface area contributed by atoms with E-state index in [4.69, 9.17) is 0 Å². The van der Waals surface area contributed by atoms with Gasteiger partial charge in [-0.2, -0.15) is 0 Å². The number of aliphatic imine (C=N–C) groups is 1. The Labute approximate surface area is 194 Å². The molecule has 2 aromatic rings. The van der Waals surface area contributed by atoms with E-state index < -0.39 is 0 Å². The number of thiophene rings is 2. The minimum atomic E-state index is 0. The molecule has 0 spiro atoms. The molecule has 2 aromatic heterocycles. The van der Waals surface area contributed by atoms with Crippen molar-refractivity contribution in [3.8, 4) is 0 Å². The van der Waals surface area contributed by atoms with Gasteiger partial charge in [0.25, 0.3) is 0 Å². The fraction of sp³-hybridized carbons (Fsp3) is 0.571. The SMILES string of the molecule is CN=C(NCC1CCCN(C)C1c1cccs1)NCC(C)(C)c1cccs1.I. The predicted molar refractivity (Wildman–Crippen MR) is 135 cm³/mol. The zero-order chi connectivity index (χ0) is 19.3. The lowest BCUT2D eigenvalue weighted by atomic mass is 9.88. The first-order valence-electron chi connectivity index (χ1n) is 9.73. The molecule has 2 unspecified atom stereocenters. The summed E-state index contributed by atoms with van der Waals surface area (Å²) < 4.78 is 0. The van der Waals surface area contributed by atoms with E-state index in [0.29, 0.717) is 12.0 Å². The molecular formula is C21H33IN4S2. The van der Waals surface area contributed by atoms with E-state index in [0.717, 1.165) is 19.0 Å². The molecule has 3 rings (SSSR count). The molecule has 2 atom stereocenters. The van der Waals surface area contributed by atoms with E-state index in [1.54, 1.807) is 0 Å². The molecular weight excluding hydrogens is 499 g/mol. The van der Waals surface area contributed by atoms with E-state index in [1.165, 1.54) is 29.1 Å². The number of rotatable bonds is 6. The van der Waals surface area contributed by atoms with Crippen LogP contribution in [0.2, 0.25) is 0 Å². The van der Waals surface area contributed by atoms with Crippen LogP contribution in [0.25, 0.3) is 0 Å². The highest BCUT2D eigenvalue weighted by Gasteiger charge is 2.31. The van der Waals surface area contributed by atoms with Gasteiger partial charge in [-0.3, -0.25) is 9.89 Å². The number of guanidine groups is 1. The van der Waals surface area contributed by atoms with Crippen molar-refractivity contribution in [3.63, 3.8) is 0 Å². The summed E-state index contributed by atoms with van der Waals surface area (Å²) in [6, 6.07) is 9.29. The van der Waals surface area contributed by atoms with Gasteiger partial charge in [0.2, 0.25) is 0 Å². The van der Waals surface area contributed by atoms with Crippen molar-refractivity contribution in [2.45, 2.75) is 38.1 Å². The lowest BCUT2D eigenvalue weighted by Crippen LogP contribution is -2.47. The Morgan fingerprint density at radius 2 is 1.96 bits per heavy atom. The number of nitrogens with one attached hydrogen (secondary N) is 2. The molecule has 1 saturated heterocycles. The second-order valence-corrected chi connectivity index (χ2v) is 9.94.